The van der Waals surface area contributed by atoms with Gasteiger partial charge in [0.2, 0.25) is 11.8 Å². The number of carbonyl (C=O) groups is 2. The standard InChI is InChI=1S/C17H24N2O2/c1-2-16(20)18-15(13-14-9-5-3-6-10-14)17(21)19-11-7-4-8-12-19/h3,5-6,9-10,15H,2,4,7-8,11-13H2,1H3,(H,18,20)/t15-/m0/s1. The molecule has 21 heavy (non-hydrogen) atoms. The molecule has 1 N–H and O–H groups in total. The smallest absolute Gasteiger partial charge is 0.245 e. The molecule has 1 aromatic carbocycles. The molecule has 1 aliphatic heterocycles. The molecule has 1 aromatic rings. The Morgan fingerprint density at radius 3 is 2.43 bits per heavy atom. The Balaban J connectivity index is 2.07. The Kier molecular flexibility index (Phi) is 5.78. The lowest BCUT2D eigenvalue weighted by atomic mass is 10.0. The van der Waals surface area contributed by atoms with Gasteiger partial charge in [-0.2, -0.15) is 0 Å². The normalized spacial score (nSPS) is 16.3. The van der Waals surface area contributed by atoms with E-state index in [2.05, 4.69) is 5.32 Å². The van der Waals surface area contributed by atoms with Crippen LogP contribution in [-0.4, -0.2) is 35.8 Å². The quantitative estimate of drug-likeness (QED) is 0.902. The number of amides is 2. The van der Waals surface area contributed by atoms with Crippen LogP contribution in [0, 0.1) is 0 Å². The molecular weight excluding hydrogens is 264 g/mol. The fraction of sp³-hybridized carbons (Fsp3) is 0.529. The number of hydrogen-bond acceptors (Lipinski definition) is 2. The molecule has 4 nitrogen and oxygen atoms in total. The number of nitrogens with zero attached hydrogens (tertiary/aromatic N) is 1. The highest BCUT2D eigenvalue weighted by Gasteiger charge is 2.26. The number of likely N-dealkylation sites (tertiary alicyclic amines) is 1. The Hall–Kier alpha value is -1.84. The van der Waals surface area contributed by atoms with Crippen LogP contribution in [0.3, 0.4) is 0 Å². The van der Waals surface area contributed by atoms with E-state index < -0.39 is 6.04 Å². The molecule has 2 amide bonds. The summed E-state index contributed by atoms with van der Waals surface area (Å²) in [6.07, 6.45) is 4.27. The van der Waals surface area contributed by atoms with Crippen LogP contribution in [0.2, 0.25) is 0 Å². The number of hydrogen-bond donors (Lipinski definition) is 1. The zero-order valence-electron chi connectivity index (χ0n) is 12.7. The van der Waals surface area contributed by atoms with Crippen molar-refractivity contribution in [1.29, 1.82) is 0 Å². The van der Waals surface area contributed by atoms with Crippen molar-refractivity contribution < 1.29 is 9.59 Å². The second kappa shape index (κ2) is 7.81. The van der Waals surface area contributed by atoms with Crippen molar-refractivity contribution in [2.75, 3.05) is 13.1 Å². The summed E-state index contributed by atoms with van der Waals surface area (Å²) in [5.41, 5.74) is 1.07. The van der Waals surface area contributed by atoms with Gasteiger partial charge in [0.15, 0.2) is 0 Å². The highest BCUT2D eigenvalue weighted by Crippen LogP contribution is 2.12. The predicted molar refractivity (Wildman–Crippen MR) is 82.8 cm³/mol. The molecule has 1 fully saturated rings. The molecule has 2 rings (SSSR count). The van der Waals surface area contributed by atoms with Crippen LogP contribution >= 0.6 is 0 Å². The maximum absolute atomic E-state index is 12.7. The largest absolute Gasteiger partial charge is 0.344 e. The Morgan fingerprint density at radius 1 is 1.14 bits per heavy atom. The van der Waals surface area contributed by atoms with Crippen LogP contribution in [0.25, 0.3) is 0 Å². The average molecular weight is 288 g/mol. The first-order valence-corrected chi connectivity index (χ1v) is 7.82. The van der Waals surface area contributed by atoms with Crippen LogP contribution in [-0.2, 0) is 16.0 Å². The third-order valence-electron chi connectivity index (χ3n) is 3.90. The lowest BCUT2D eigenvalue weighted by Gasteiger charge is -2.30. The molecule has 0 spiro atoms. The van der Waals surface area contributed by atoms with Gasteiger partial charge in [0.1, 0.15) is 6.04 Å². The zero-order valence-corrected chi connectivity index (χ0v) is 12.7. The number of benzene rings is 1. The topological polar surface area (TPSA) is 49.4 Å². The van der Waals surface area contributed by atoms with Crippen molar-refractivity contribution in [1.82, 2.24) is 10.2 Å². The molecule has 1 saturated heterocycles. The van der Waals surface area contributed by atoms with Crippen LogP contribution in [0.4, 0.5) is 0 Å². The van der Waals surface area contributed by atoms with E-state index in [1.54, 1.807) is 6.92 Å². The van der Waals surface area contributed by atoms with Crippen molar-refractivity contribution in [2.45, 2.75) is 45.1 Å². The summed E-state index contributed by atoms with van der Waals surface area (Å²) in [5, 5.41) is 2.88. The Morgan fingerprint density at radius 2 is 1.81 bits per heavy atom. The predicted octanol–water partition coefficient (Wildman–Crippen LogP) is 2.14. The van der Waals surface area contributed by atoms with E-state index in [4.69, 9.17) is 0 Å². The van der Waals surface area contributed by atoms with Crippen molar-refractivity contribution in [2.24, 2.45) is 0 Å². The molecule has 1 aliphatic rings. The molecule has 0 bridgehead atoms. The minimum atomic E-state index is -0.446. The number of carbonyl (C=O) groups excluding carboxylic acids is 2. The minimum absolute atomic E-state index is 0.0559. The van der Waals surface area contributed by atoms with E-state index in [1.807, 2.05) is 35.2 Å². The highest BCUT2D eigenvalue weighted by molar-refractivity contribution is 5.87. The van der Waals surface area contributed by atoms with Gasteiger partial charge in [-0.25, -0.2) is 0 Å². The van der Waals surface area contributed by atoms with Gasteiger partial charge < -0.3 is 10.2 Å². The summed E-state index contributed by atoms with van der Waals surface area (Å²) in [6, 6.07) is 9.41. The fourth-order valence-corrected chi connectivity index (χ4v) is 2.68. The van der Waals surface area contributed by atoms with Gasteiger partial charge in [0.25, 0.3) is 0 Å². The monoisotopic (exact) mass is 288 g/mol. The number of piperidine rings is 1. The third-order valence-corrected chi connectivity index (χ3v) is 3.90. The van der Waals surface area contributed by atoms with Crippen LogP contribution < -0.4 is 5.32 Å². The molecule has 1 atom stereocenters. The van der Waals surface area contributed by atoms with E-state index >= 15 is 0 Å². The van der Waals surface area contributed by atoms with Gasteiger partial charge in [-0.05, 0) is 24.8 Å². The molecule has 114 valence electrons. The summed E-state index contributed by atoms with van der Waals surface area (Å²) >= 11 is 0. The van der Waals surface area contributed by atoms with E-state index in [9.17, 15) is 9.59 Å². The molecule has 0 aromatic heterocycles. The number of rotatable bonds is 5. The van der Waals surface area contributed by atoms with Gasteiger partial charge in [0, 0.05) is 25.9 Å². The molecule has 0 aliphatic carbocycles. The summed E-state index contributed by atoms with van der Waals surface area (Å²) in [5.74, 6) is -0.0124. The van der Waals surface area contributed by atoms with Gasteiger partial charge >= 0.3 is 0 Å². The van der Waals surface area contributed by atoms with Gasteiger partial charge in [0.05, 0.1) is 0 Å². The van der Waals surface area contributed by atoms with E-state index in [-0.39, 0.29) is 11.8 Å². The van der Waals surface area contributed by atoms with Crippen molar-refractivity contribution in [3.8, 4) is 0 Å². The molecule has 0 radical (unpaired) electrons. The fourth-order valence-electron chi connectivity index (χ4n) is 2.68. The zero-order chi connectivity index (χ0) is 15.1. The first kappa shape index (κ1) is 15.5. The van der Waals surface area contributed by atoms with Crippen molar-refractivity contribution >= 4 is 11.8 Å². The second-order valence-corrected chi connectivity index (χ2v) is 5.55. The van der Waals surface area contributed by atoms with Crippen LogP contribution in [0.15, 0.2) is 30.3 Å². The highest BCUT2D eigenvalue weighted by atomic mass is 16.2. The van der Waals surface area contributed by atoms with Gasteiger partial charge in [-0.1, -0.05) is 37.3 Å². The molecular formula is C17H24N2O2. The summed E-state index contributed by atoms with van der Waals surface area (Å²) < 4.78 is 0. The first-order chi connectivity index (χ1) is 10.2. The van der Waals surface area contributed by atoms with Gasteiger partial charge in [-0.15, -0.1) is 0 Å². The third kappa shape index (κ3) is 4.59. The molecule has 4 heteroatoms. The number of nitrogens with one attached hydrogen (secondary N) is 1. The van der Waals surface area contributed by atoms with E-state index in [0.29, 0.717) is 12.8 Å². The lowest BCUT2D eigenvalue weighted by molar-refractivity contribution is -0.137. The SMILES string of the molecule is CCC(=O)N[C@@H](Cc1ccccc1)C(=O)N1CCCCC1. The Bertz CT molecular complexity index is 467. The van der Waals surface area contributed by atoms with Crippen molar-refractivity contribution in [3.63, 3.8) is 0 Å². The minimum Gasteiger partial charge on any atom is -0.344 e. The van der Waals surface area contributed by atoms with E-state index in [0.717, 1.165) is 31.5 Å². The molecule has 0 unspecified atom stereocenters. The maximum Gasteiger partial charge on any atom is 0.245 e. The average Bonchev–Trinajstić information content (AvgIpc) is 2.55. The van der Waals surface area contributed by atoms with Gasteiger partial charge in [-0.3, -0.25) is 9.59 Å². The second-order valence-electron chi connectivity index (χ2n) is 5.55. The summed E-state index contributed by atoms with van der Waals surface area (Å²) in [6.45, 7) is 3.43. The van der Waals surface area contributed by atoms with Crippen LogP contribution in [0.1, 0.15) is 38.2 Å². The maximum atomic E-state index is 12.7. The van der Waals surface area contributed by atoms with E-state index in [1.165, 1.54) is 6.42 Å². The lowest BCUT2D eigenvalue weighted by Crippen LogP contribution is -2.50. The summed E-state index contributed by atoms with van der Waals surface area (Å²) in [7, 11) is 0. The van der Waals surface area contributed by atoms with Crippen LogP contribution in [0.5, 0.6) is 0 Å². The summed E-state index contributed by atoms with van der Waals surface area (Å²) in [4.78, 5) is 26.3. The Labute approximate surface area is 126 Å². The first-order valence-electron chi connectivity index (χ1n) is 7.82. The molecule has 0 saturated carbocycles. The molecule has 1 heterocycles. The van der Waals surface area contributed by atoms with Crippen molar-refractivity contribution in [3.05, 3.63) is 35.9 Å².